The van der Waals surface area contributed by atoms with Gasteiger partial charge in [0.2, 0.25) is 10.0 Å². The average molecular weight is 273 g/mol. The van der Waals surface area contributed by atoms with Gasteiger partial charge in [-0.05, 0) is 6.42 Å². The molecule has 0 atom stereocenters. The number of hydrogen-bond acceptors (Lipinski definition) is 5. The number of hydrogen-bond donors (Lipinski definition) is 1. The van der Waals surface area contributed by atoms with Crippen LogP contribution in [0.25, 0.3) is 0 Å². The maximum absolute atomic E-state index is 11.6. The van der Waals surface area contributed by atoms with Gasteiger partial charge in [0, 0.05) is 12.8 Å². The molecule has 16 heavy (non-hydrogen) atoms. The van der Waals surface area contributed by atoms with Crippen LogP contribution in [0.1, 0.15) is 13.3 Å². The van der Waals surface area contributed by atoms with Crippen LogP contribution in [0, 0.1) is 0 Å². The molecule has 0 rings (SSSR count). The monoisotopic (exact) mass is 273 g/mol. The summed E-state index contributed by atoms with van der Waals surface area (Å²) in [6.07, 6.45) is 1.20. The smallest absolute Gasteiger partial charge is 0.318 e. The SMILES string of the molecule is CCCN(CC(=O)O)S(=O)(=O)CS(C)(=O)=O. The third-order valence-electron chi connectivity index (χ3n) is 1.54. The first-order chi connectivity index (χ1) is 7.08. The van der Waals surface area contributed by atoms with Crippen molar-refractivity contribution in [1.29, 1.82) is 0 Å². The van der Waals surface area contributed by atoms with Crippen molar-refractivity contribution < 1.29 is 26.7 Å². The Hall–Kier alpha value is -0.670. The third-order valence-corrected chi connectivity index (χ3v) is 5.54. The molecule has 0 aromatic rings. The minimum absolute atomic E-state index is 0.00977. The molecule has 0 aliphatic heterocycles. The highest BCUT2D eigenvalue weighted by molar-refractivity contribution is 8.06. The van der Waals surface area contributed by atoms with Crippen molar-refractivity contribution >= 4 is 25.8 Å². The maximum atomic E-state index is 11.6. The number of rotatable bonds is 7. The van der Waals surface area contributed by atoms with Crippen LogP contribution >= 0.6 is 0 Å². The standard InChI is InChI=1S/C7H15NO6S2/c1-3-4-8(5-7(9)10)16(13,14)6-15(2,11)12/h3-6H2,1-2H3,(H,9,10). The summed E-state index contributed by atoms with van der Waals surface area (Å²) in [5.74, 6) is -1.31. The highest BCUT2D eigenvalue weighted by Crippen LogP contribution is 2.05. The number of carboxylic acids is 1. The van der Waals surface area contributed by atoms with Gasteiger partial charge in [-0.25, -0.2) is 16.8 Å². The molecule has 0 heterocycles. The lowest BCUT2D eigenvalue weighted by molar-refractivity contribution is -0.137. The van der Waals surface area contributed by atoms with Gasteiger partial charge in [-0.2, -0.15) is 4.31 Å². The first-order valence-corrected chi connectivity index (χ1v) is 8.13. The Kier molecular flexibility index (Phi) is 5.36. The van der Waals surface area contributed by atoms with Gasteiger partial charge in [-0.1, -0.05) is 6.92 Å². The molecule has 0 radical (unpaired) electrons. The van der Waals surface area contributed by atoms with Crippen molar-refractivity contribution in [3.63, 3.8) is 0 Å². The molecule has 96 valence electrons. The van der Waals surface area contributed by atoms with Crippen molar-refractivity contribution in [2.24, 2.45) is 0 Å². The van der Waals surface area contributed by atoms with Crippen molar-refractivity contribution in [2.75, 3.05) is 24.4 Å². The van der Waals surface area contributed by atoms with E-state index in [4.69, 9.17) is 5.11 Å². The molecule has 0 spiro atoms. The number of sulfonamides is 1. The largest absolute Gasteiger partial charge is 0.480 e. The Bertz CT molecular complexity index is 437. The van der Waals surface area contributed by atoms with E-state index in [1.807, 2.05) is 0 Å². The highest BCUT2D eigenvalue weighted by atomic mass is 32.3. The summed E-state index contributed by atoms with van der Waals surface area (Å²) in [5, 5.41) is 7.45. The Labute approximate surface area is 95.0 Å². The van der Waals surface area contributed by atoms with Gasteiger partial charge in [-0.15, -0.1) is 0 Å². The van der Waals surface area contributed by atoms with Crippen LogP contribution in [0.3, 0.4) is 0 Å². The van der Waals surface area contributed by atoms with E-state index >= 15 is 0 Å². The Balaban J connectivity index is 4.97. The number of carboxylic acid groups (broad SMARTS) is 1. The molecule has 0 bridgehead atoms. The van der Waals surface area contributed by atoms with Gasteiger partial charge in [0.05, 0.1) is 0 Å². The van der Waals surface area contributed by atoms with Crippen molar-refractivity contribution in [3.8, 4) is 0 Å². The van der Waals surface area contributed by atoms with Gasteiger partial charge in [0.1, 0.15) is 6.54 Å². The van der Waals surface area contributed by atoms with Gasteiger partial charge in [-0.3, -0.25) is 4.79 Å². The molecule has 0 fully saturated rings. The van der Waals surface area contributed by atoms with E-state index in [0.717, 1.165) is 6.26 Å². The van der Waals surface area contributed by atoms with E-state index in [0.29, 0.717) is 10.7 Å². The molecular formula is C7H15NO6S2. The number of sulfone groups is 1. The zero-order valence-electron chi connectivity index (χ0n) is 9.08. The van der Waals surface area contributed by atoms with Crippen LogP contribution in [0.5, 0.6) is 0 Å². The summed E-state index contributed by atoms with van der Waals surface area (Å²) >= 11 is 0. The van der Waals surface area contributed by atoms with E-state index in [1.54, 1.807) is 6.92 Å². The summed E-state index contributed by atoms with van der Waals surface area (Å²) in [6, 6.07) is 0. The van der Waals surface area contributed by atoms with Crippen LogP contribution in [-0.4, -0.2) is 56.6 Å². The fourth-order valence-electron chi connectivity index (χ4n) is 1.06. The topological polar surface area (TPSA) is 109 Å². The fraction of sp³-hybridized carbons (Fsp3) is 0.857. The Morgan fingerprint density at radius 2 is 1.75 bits per heavy atom. The lowest BCUT2D eigenvalue weighted by Gasteiger charge is -2.18. The van der Waals surface area contributed by atoms with E-state index in [9.17, 15) is 21.6 Å². The molecular weight excluding hydrogens is 258 g/mol. The maximum Gasteiger partial charge on any atom is 0.318 e. The molecule has 7 nitrogen and oxygen atoms in total. The molecule has 1 N–H and O–H groups in total. The second-order valence-corrected chi connectivity index (χ2v) is 7.86. The van der Waals surface area contributed by atoms with E-state index in [2.05, 4.69) is 0 Å². The summed E-state index contributed by atoms with van der Waals surface area (Å²) in [7, 11) is -7.78. The van der Waals surface area contributed by atoms with Crippen molar-refractivity contribution in [1.82, 2.24) is 4.31 Å². The summed E-state index contributed by atoms with van der Waals surface area (Å²) in [4.78, 5) is 10.4. The highest BCUT2D eigenvalue weighted by Gasteiger charge is 2.27. The molecule has 0 unspecified atom stereocenters. The number of aliphatic carboxylic acids is 1. The minimum atomic E-state index is -4.07. The van der Waals surface area contributed by atoms with Crippen LogP contribution in [0.15, 0.2) is 0 Å². The fourth-order valence-corrected chi connectivity index (χ4v) is 4.59. The van der Waals surface area contributed by atoms with E-state index in [-0.39, 0.29) is 6.54 Å². The second-order valence-electron chi connectivity index (χ2n) is 3.38. The predicted octanol–water partition coefficient (Wildman–Crippen LogP) is -0.885. The molecule has 0 aliphatic carbocycles. The zero-order chi connectivity index (χ0) is 13.0. The van der Waals surface area contributed by atoms with Gasteiger partial charge in [0.25, 0.3) is 0 Å². The number of carbonyl (C=O) groups is 1. The normalized spacial score (nSPS) is 12.9. The van der Waals surface area contributed by atoms with Gasteiger partial charge >= 0.3 is 5.97 Å². The molecule has 0 aliphatic rings. The molecule has 0 aromatic heterocycles. The summed E-state index contributed by atoms with van der Waals surface area (Å²) < 4.78 is 45.5. The van der Waals surface area contributed by atoms with Crippen LogP contribution in [0.2, 0.25) is 0 Å². The lowest BCUT2D eigenvalue weighted by atomic mass is 10.5. The molecule has 0 amide bonds. The van der Waals surface area contributed by atoms with Crippen LogP contribution in [-0.2, 0) is 24.7 Å². The Morgan fingerprint density at radius 3 is 2.06 bits per heavy atom. The molecule has 0 saturated heterocycles. The van der Waals surface area contributed by atoms with E-state index < -0.39 is 37.5 Å². The molecule has 9 heteroatoms. The minimum Gasteiger partial charge on any atom is -0.480 e. The first kappa shape index (κ1) is 15.3. The van der Waals surface area contributed by atoms with Crippen LogP contribution < -0.4 is 0 Å². The average Bonchev–Trinajstić information content (AvgIpc) is 1.97. The van der Waals surface area contributed by atoms with Crippen molar-refractivity contribution in [3.05, 3.63) is 0 Å². The predicted molar refractivity (Wildman–Crippen MR) is 58.1 cm³/mol. The van der Waals surface area contributed by atoms with E-state index in [1.165, 1.54) is 0 Å². The summed E-state index contributed by atoms with van der Waals surface area (Å²) in [5.41, 5.74) is 0. The van der Waals surface area contributed by atoms with Gasteiger partial charge < -0.3 is 5.11 Å². The zero-order valence-corrected chi connectivity index (χ0v) is 10.7. The lowest BCUT2D eigenvalue weighted by Crippen LogP contribution is -2.39. The first-order valence-electron chi connectivity index (χ1n) is 4.46. The quantitative estimate of drug-likeness (QED) is 0.645. The summed E-state index contributed by atoms with van der Waals surface area (Å²) in [6.45, 7) is 0.945. The third kappa shape index (κ3) is 6.03. The molecule has 0 saturated carbocycles. The number of nitrogens with zero attached hydrogens (tertiary/aromatic N) is 1. The second kappa shape index (κ2) is 5.60. The van der Waals surface area contributed by atoms with Gasteiger partial charge in [0.15, 0.2) is 14.9 Å². The Morgan fingerprint density at radius 1 is 1.25 bits per heavy atom. The van der Waals surface area contributed by atoms with Crippen LogP contribution in [0.4, 0.5) is 0 Å². The molecule has 0 aromatic carbocycles. The van der Waals surface area contributed by atoms with Crippen molar-refractivity contribution in [2.45, 2.75) is 13.3 Å².